The van der Waals surface area contributed by atoms with Crippen molar-refractivity contribution in [1.29, 1.82) is 0 Å². The third kappa shape index (κ3) is 2.57. The summed E-state index contributed by atoms with van der Waals surface area (Å²) in [6.07, 6.45) is -1.26. The molecule has 0 bridgehead atoms. The molecule has 0 amide bonds. The minimum Gasteiger partial charge on any atom is -0.352 e. The topological polar surface area (TPSA) is 31.7 Å². The Labute approximate surface area is 148 Å². The SMILES string of the molecule is CN1CCN(c2nc3ccc(C(F)(F)F)cc3c3c2=N[C@H]2CC2C=3)CC1. The van der Waals surface area contributed by atoms with Crippen molar-refractivity contribution in [3.63, 3.8) is 0 Å². The molecule has 2 aliphatic heterocycles. The van der Waals surface area contributed by atoms with Crippen LogP contribution in [0, 0.1) is 5.92 Å². The molecule has 3 heterocycles. The smallest absolute Gasteiger partial charge is 0.352 e. The van der Waals surface area contributed by atoms with Gasteiger partial charge in [-0.25, -0.2) is 4.98 Å². The second kappa shape index (κ2) is 5.42. The quantitative estimate of drug-likeness (QED) is 0.777. The van der Waals surface area contributed by atoms with Crippen LogP contribution in [-0.4, -0.2) is 49.2 Å². The molecule has 2 atom stereocenters. The first-order valence-electron chi connectivity index (χ1n) is 8.94. The molecule has 5 rings (SSSR count). The monoisotopic (exact) mass is 360 g/mol. The van der Waals surface area contributed by atoms with Crippen LogP contribution in [0.4, 0.5) is 19.0 Å². The molecule has 0 N–H and O–H groups in total. The summed E-state index contributed by atoms with van der Waals surface area (Å²) in [6.45, 7) is 3.59. The number of halogens is 3. The number of anilines is 1. The average Bonchev–Trinajstić information content (AvgIpc) is 3.37. The van der Waals surface area contributed by atoms with E-state index in [1.54, 1.807) is 0 Å². The predicted molar refractivity (Wildman–Crippen MR) is 93.6 cm³/mol. The molecule has 1 aliphatic carbocycles. The molecular formula is C19H19F3N4. The van der Waals surface area contributed by atoms with Gasteiger partial charge in [-0.05, 0) is 31.7 Å². The molecule has 3 aliphatic rings. The second-order valence-corrected chi connectivity index (χ2v) is 7.48. The van der Waals surface area contributed by atoms with Gasteiger partial charge in [0.1, 0.15) is 5.36 Å². The summed E-state index contributed by atoms with van der Waals surface area (Å²) in [5.74, 6) is 1.19. The number of fused-ring (bicyclic) bond motifs is 4. The summed E-state index contributed by atoms with van der Waals surface area (Å²) >= 11 is 0. The van der Waals surface area contributed by atoms with Crippen LogP contribution in [0.1, 0.15) is 12.0 Å². The van der Waals surface area contributed by atoms with Crippen molar-refractivity contribution in [1.82, 2.24) is 9.88 Å². The molecule has 1 saturated heterocycles. The van der Waals surface area contributed by atoms with Crippen molar-refractivity contribution in [2.75, 3.05) is 38.1 Å². The van der Waals surface area contributed by atoms with Gasteiger partial charge in [-0.15, -0.1) is 0 Å². The summed E-state index contributed by atoms with van der Waals surface area (Å²) in [7, 11) is 2.09. The summed E-state index contributed by atoms with van der Waals surface area (Å²) in [5.41, 5.74) is -0.0242. The molecule has 0 radical (unpaired) electrons. The Hall–Kier alpha value is -2.15. The zero-order valence-corrected chi connectivity index (χ0v) is 14.4. The summed E-state index contributed by atoms with van der Waals surface area (Å²) in [4.78, 5) is 14.0. The van der Waals surface area contributed by atoms with E-state index in [2.05, 4.69) is 22.9 Å². The fourth-order valence-corrected chi connectivity index (χ4v) is 3.88. The third-order valence-electron chi connectivity index (χ3n) is 5.59. The molecule has 0 spiro atoms. The molecule has 136 valence electrons. The lowest BCUT2D eigenvalue weighted by Crippen LogP contribution is -2.48. The van der Waals surface area contributed by atoms with Crippen LogP contribution in [0.15, 0.2) is 23.2 Å². The van der Waals surface area contributed by atoms with Crippen LogP contribution < -0.4 is 15.5 Å². The Morgan fingerprint density at radius 3 is 2.62 bits per heavy atom. The van der Waals surface area contributed by atoms with Crippen LogP contribution in [0.3, 0.4) is 0 Å². The van der Waals surface area contributed by atoms with E-state index in [1.807, 2.05) is 0 Å². The average molecular weight is 360 g/mol. The fraction of sp³-hybridized carbons (Fsp3) is 0.474. The molecule has 7 heteroatoms. The van der Waals surface area contributed by atoms with Crippen molar-refractivity contribution in [3.8, 4) is 0 Å². The lowest BCUT2D eigenvalue weighted by atomic mass is 10.1. The Kier molecular flexibility index (Phi) is 3.35. The number of hydrogen-bond donors (Lipinski definition) is 0. The maximum Gasteiger partial charge on any atom is 0.416 e. The predicted octanol–water partition coefficient (Wildman–Crippen LogP) is 1.81. The van der Waals surface area contributed by atoms with E-state index in [4.69, 9.17) is 9.98 Å². The summed E-state index contributed by atoms with van der Waals surface area (Å²) in [6, 6.07) is 4.11. The van der Waals surface area contributed by atoms with Crippen molar-refractivity contribution in [2.24, 2.45) is 10.9 Å². The number of rotatable bonds is 1. The Morgan fingerprint density at radius 1 is 1.12 bits per heavy atom. The number of piperazine rings is 1. The van der Waals surface area contributed by atoms with Gasteiger partial charge < -0.3 is 9.80 Å². The van der Waals surface area contributed by atoms with Crippen LogP contribution in [0.25, 0.3) is 17.0 Å². The van der Waals surface area contributed by atoms with E-state index >= 15 is 0 Å². The Balaban J connectivity index is 1.74. The van der Waals surface area contributed by atoms with Gasteiger partial charge in [0.25, 0.3) is 0 Å². The van der Waals surface area contributed by atoms with E-state index in [0.717, 1.165) is 55.1 Å². The van der Waals surface area contributed by atoms with Crippen LogP contribution in [-0.2, 0) is 6.18 Å². The molecule has 26 heavy (non-hydrogen) atoms. The second-order valence-electron chi connectivity index (χ2n) is 7.48. The number of benzene rings is 1. The molecule has 1 unspecified atom stereocenters. The Morgan fingerprint density at radius 2 is 1.88 bits per heavy atom. The van der Waals surface area contributed by atoms with Gasteiger partial charge in [-0.1, -0.05) is 6.08 Å². The molecule has 2 fully saturated rings. The maximum atomic E-state index is 13.2. The molecule has 1 saturated carbocycles. The van der Waals surface area contributed by atoms with Gasteiger partial charge in [-0.3, -0.25) is 4.99 Å². The normalized spacial score (nSPS) is 25.3. The molecule has 2 aromatic rings. The largest absolute Gasteiger partial charge is 0.416 e. The highest BCUT2D eigenvalue weighted by Crippen LogP contribution is 2.37. The number of likely N-dealkylation sites (N-methyl/N-ethyl adjacent to an activating group) is 1. The zero-order chi connectivity index (χ0) is 18.1. The first-order chi connectivity index (χ1) is 12.4. The van der Waals surface area contributed by atoms with Crippen molar-refractivity contribution < 1.29 is 13.2 Å². The minimum atomic E-state index is -4.36. The van der Waals surface area contributed by atoms with Crippen molar-refractivity contribution >= 4 is 22.8 Å². The third-order valence-corrected chi connectivity index (χ3v) is 5.59. The zero-order valence-electron chi connectivity index (χ0n) is 14.4. The van der Waals surface area contributed by atoms with Crippen LogP contribution >= 0.6 is 0 Å². The van der Waals surface area contributed by atoms with Crippen molar-refractivity contribution in [3.05, 3.63) is 34.3 Å². The Bertz CT molecular complexity index is 1010. The highest BCUT2D eigenvalue weighted by molar-refractivity contribution is 5.83. The highest BCUT2D eigenvalue weighted by atomic mass is 19.4. The molecular weight excluding hydrogens is 341 g/mol. The molecule has 4 nitrogen and oxygen atoms in total. The van der Waals surface area contributed by atoms with Crippen molar-refractivity contribution in [2.45, 2.75) is 18.6 Å². The maximum absolute atomic E-state index is 13.2. The molecule has 1 aromatic heterocycles. The number of alkyl halides is 3. The van der Waals surface area contributed by atoms with Gasteiger partial charge in [0, 0.05) is 42.7 Å². The fourth-order valence-electron chi connectivity index (χ4n) is 3.88. The number of hydrogen-bond acceptors (Lipinski definition) is 4. The van der Waals surface area contributed by atoms with E-state index in [1.165, 1.54) is 12.1 Å². The van der Waals surface area contributed by atoms with E-state index in [0.29, 0.717) is 16.8 Å². The molecule has 1 aromatic carbocycles. The van der Waals surface area contributed by atoms with Crippen LogP contribution in [0.5, 0.6) is 0 Å². The summed E-state index contributed by atoms with van der Waals surface area (Å²) < 4.78 is 39.5. The minimum absolute atomic E-state index is 0.277. The number of pyridine rings is 1. The lowest BCUT2D eigenvalue weighted by Gasteiger charge is -2.33. The van der Waals surface area contributed by atoms with Gasteiger partial charge in [0.05, 0.1) is 17.1 Å². The first-order valence-corrected chi connectivity index (χ1v) is 8.94. The van der Waals surface area contributed by atoms with Gasteiger partial charge in [0.2, 0.25) is 0 Å². The summed E-state index contributed by atoms with van der Waals surface area (Å²) in [5, 5.41) is 2.16. The van der Waals surface area contributed by atoms with E-state index < -0.39 is 11.7 Å². The lowest BCUT2D eigenvalue weighted by molar-refractivity contribution is -0.137. The van der Waals surface area contributed by atoms with Gasteiger partial charge >= 0.3 is 6.18 Å². The standard InChI is InChI=1S/C19H19F3N4/c1-25-4-6-26(7-5-25)18-17-14(8-11-9-16(11)23-17)13-10-12(19(20,21)22)2-3-15(13)24-18/h2-3,8,10-11,16H,4-7,9H2,1H3/t11?,16-/m0/s1. The highest BCUT2D eigenvalue weighted by Gasteiger charge is 2.38. The van der Waals surface area contributed by atoms with Crippen LogP contribution in [0.2, 0.25) is 0 Å². The number of aromatic nitrogens is 1. The van der Waals surface area contributed by atoms with Gasteiger partial charge in [0.15, 0.2) is 5.82 Å². The van der Waals surface area contributed by atoms with E-state index in [-0.39, 0.29) is 6.04 Å². The number of nitrogens with zero attached hydrogens (tertiary/aromatic N) is 4. The first kappa shape index (κ1) is 16.1. The van der Waals surface area contributed by atoms with Gasteiger partial charge in [-0.2, -0.15) is 13.2 Å². The van der Waals surface area contributed by atoms with E-state index in [9.17, 15) is 13.2 Å².